The summed E-state index contributed by atoms with van der Waals surface area (Å²) in [5.74, 6) is 1.48. The summed E-state index contributed by atoms with van der Waals surface area (Å²) in [6.45, 7) is 6.14. The number of hydrogen-bond donors (Lipinski definition) is 3. The monoisotopic (exact) mass is 361 g/mol. The van der Waals surface area contributed by atoms with Gasteiger partial charge in [-0.05, 0) is 49.4 Å². The maximum Gasteiger partial charge on any atom is 0.191 e. The molecule has 0 radical (unpaired) electrons. The predicted octanol–water partition coefficient (Wildman–Crippen LogP) is 2.59. The first-order valence-electron chi connectivity index (χ1n) is 8.59. The number of nitrogens with zero attached hydrogens (tertiary/aromatic N) is 1. The Morgan fingerprint density at radius 2 is 2.16 bits per heavy atom. The van der Waals surface area contributed by atoms with Crippen molar-refractivity contribution in [1.29, 1.82) is 0 Å². The van der Waals surface area contributed by atoms with Crippen LogP contribution in [0.1, 0.15) is 17.4 Å². The van der Waals surface area contributed by atoms with E-state index in [1.165, 1.54) is 4.88 Å². The van der Waals surface area contributed by atoms with E-state index in [4.69, 9.17) is 4.74 Å². The number of thiophene rings is 1. The first kappa shape index (κ1) is 19.3. The first-order valence-corrected chi connectivity index (χ1v) is 9.47. The Balaban J connectivity index is 1.74. The van der Waals surface area contributed by atoms with Gasteiger partial charge in [-0.3, -0.25) is 4.99 Å². The van der Waals surface area contributed by atoms with Crippen molar-refractivity contribution in [3.05, 3.63) is 52.2 Å². The number of nitrogens with one attached hydrogen (secondary N) is 2. The summed E-state index contributed by atoms with van der Waals surface area (Å²) in [5, 5.41) is 18.6. The van der Waals surface area contributed by atoms with Gasteiger partial charge in [-0.15, -0.1) is 11.3 Å². The minimum atomic E-state index is -0.645. The molecule has 0 spiro atoms. The van der Waals surface area contributed by atoms with Crippen LogP contribution in [-0.4, -0.2) is 43.4 Å². The largest absolute Gasteiger partial charge is 0.491 e. The molecule has 1 aromatic carbocycles. The second-order valence-electron chi connectivity index (χ2n) is 5.76. The van der Waals surface area contributed by atoms with Gasteiger partial charge in [-0.25, -0.2) is 0 Å². The molecule has 5 nitrogen and oxygen atoms in total. The molecule has 1 unspecified atom stereocenters. The van der Waals surface area contributed by atoms with E-state index in [1.807, 2.05) is 38.1 Å². The molecule has 1 atom stereocenters. The highest BCUT2D eigenvalue weighted by Crippen LogP contribution is 2.12. The Kier molecular flexibility index (Phi) is 8.28. The summed E-state index contributed by atoms with van der Waals surface area (Å²) in [4.78, 5) is 5.77. The van der Waals surface area contributed by atoms with Crippen molar-refractivity contribution >= 4 is 17.3 Å². The SMILES string of the molecule is CCNC(=NCC(O)COc1cccc(C)c1)NCCc1cccs1. The van der Waals surface area contributed by atoms with E-state index in [0.717, 1.165) is 30.8 Å². The Morgan fingerprint density at radius 1 is 1.28 bits per heavy atom. The van der Waals surface area contributed by atoms with Crippen LogP contribution in [0, 0.1) is 6.92 Å². The molecule has 0 bridgehead atoms. The zero-order valence-corrected chi connectivity index (χ0v) is 15.7. The number of rotatable bonds is 9. The van der Waals surface area contributed by atoms with E-state index in [1.54, 1.807) is 11.3 Å². The third kappa shape index (κ3) is 7.58. The van der Waals surface area contributed by atoms with Gasteiger partial charge in [0, 0.05) is 18.0 Å². The van der Waals surface area contributed by atoms with Crippen molar-refractivity contribution in [1.82, 2.24) is 10.6 Å². The van der Waals surface area contributed by atoms with E-state index in [-0.39, 0.29) is 6.61 Å². The van der Waals surface area contributed by atoms with Crippen molar-refractivity contribution < 1.29 is 9.84 Å². The number of hydrogen-bond acceptors (Lipinski definition) is 4. The average molecular weight is 362 g/mol. The quantitative estimate of drug-likeness (QED) is 0.474. The molecule has 3 N–H and O–H groups in total. The van der Waals surface area contributed by atoms with E-state index in [2.05, 4.69) is 33.1 Å². The van der Waals surface area contributed by atoms with Crippen LogP contribution in [0.4, 0.5) is 0 Å². The Bertz CT molecular complexity index is 644. The van der Waals surface area contributed by atoms with Gasteiger partial charge < -0.3 is 20.5 Å². The smallest absolute Gasteiger partial charge is 0.191 e. The standard InChI is InChI=1S/C19H27N3O2S/c1-3-20-19(21-10-9-18-8-5-11-25-18)22-13-16(23)14-24-17-7-4-6-15(2)12-17/h4-8,11-12,16,23H,3,9-10,13-14H2,1-2H3,(H2,20,21,22). The minimum absolute atomic E-state index is 0.224. The van der Waals surface area contributed by atoms with Crippen LogP contribution >= 0.6 is 11.3 Å². The van der Waals surface area contributed by atoms with Crippen molar-refractivity contribution in [2.75, 3.05) is 26.2 Å². The van der Waals surface area contributed by atoms with Crippen LogP contribution in [0.3, 0.4) is 0 Å². The van der Waals surface area contributed by atoms with Crippen molar-refractivity contribution in [3.63, 3.8) is 0 Å². The highest BCUT2D eigenvalue weighted by atomic mass is 32.1. The van der Waals surface area contributed by atoms with Crippen LogP contribution in [0.5, 0.6) is 5.75 Å². The van der Waals surface area contributed by atoms with Gasteiger partial charge in [0.1, 0.15) is 18.5 Å². The number of aliphatic imine (C=N–C) groups is 1. The topological polar surface area (TPSA) is 65.9 Å². The first-order chi connectivity index (χ1) is 12.2. The third-order valence-corrected chi connectivity index (χ3v) is 4.42. The number of guanidine groups is 1. The van der Waals surface area contributed by atoms with Gasteiger partial charge >= 0.3 is 0 Å². The maximum atomic E-state index is 10.1. The molecule has 0 aliphatic rings. The van der Waals surface area contributed by atoms with E-state index in [9.17, 15) is 5.11 Å². The number of aliphatic hydroxyl groups excluding tert-OH is 1. The summed E-state index contributed by atoms with van der Waals surface area (Å²) in [6.07, 6.45) is 0.314. The lowest BCUT2D eigenvalue weighted by molar-refractivity contribution is 0.114. The van der Waals surface area contributed by atoms with Gasteiger partial charge in [0.05, 0.1) is 6.54 Å². The fraction of sp³-hybridized carbons (Fsp3) is 0.421. The Hall–Kier alpha value is -2.05. The molecule has 2 aromatic rings. The van der Waals surface area contributed by atoms with E-state index in [0.29, 0.717) is 12.5 Å². The summed E-state index contributed by atoms with van der Waals surface area (Å²) >= 11 is 1.75. The summed E-state index contributed by atoms with van der Waals surface area (Å²) in [7, 11) is 0. The molecule has 6 heteroatoms. The van der Waals surface area contributed by atoms with Gasteiger partial charge in [-0.2, -0.15) is 0 Å². The lowest BCUT2D eigenvalue weighted by Gasteiger charge is -2.14. The molecule has 0 amide bonds. The fourth-order valence-corrected chi connectivity index (χ4v) is 2.96. The van der Waals surface area contributed by atoms with Gasteiger partial charge in [0.25, 0.3) is 0 Å². The molecule has 0 saturated heterocycles. The van der Waals surface area contributed by atoms with Crippen LogP contribution in [-0.2, 0) is 6.42 Å². The zero-order chi connectivity index (χ0) is 17.9. The van der Waals surface area contributed by atoms with Gasteiger partial charge in [0.2, 0.25) is 0 Å². The van der Waals surface area contributed by atoms with E-state index < -0.39 is 6.10 Å². The summed E-state index contributed by atoms with van der Waals surface area (Å²) in [6, 6.07) is 12.0. The van der Waals surface area contributed by atoms with Crippen LogP contribution in [0.2, 0.25) is 0 Å². The highest BCUT2D eigenvalue weighted by Gasteiger charge is 2.06. The molecule has 1 aromatic heterocycles. The fourth-order valence-electron chi connectivity index (χ4n) is 2.25. The van der Waals surface area contributed by atoms with Crippen molar-refractivity contribution in [2.24, 2.45) is 4.99 Å². The normalized spacial score (nSPS) is 12.7. The van der Waals surface area contributed by atoms with Crippen LogP contribution < -0.4 is 15.4 Å². The molecule has 2 rings (SSSR count). The second kappa shape index (κ2) is 10.7. The molecule has 25 heavy (non-hydrogen) atoms. The number of aryl methyl sites for hydroxylation is 1. The summed E-state index contributed by atoms with van der Waals surface area (Å²) < 4.78 is 5.61. The third-order valence-electron chi connectivity index (χ3n) is 3.48. The maximum absolute atomic E-state index is 10.1. The Morgan fingerprint density at radius 3 is 2.88 bits per heavy atom. The van der Waals surface area contributed by atoms with Gasteiger partial charge in [0.15, 0.2) is 5.96 Å². The molecule has 0 aliphatic carbocycles. The van der Waals surface area contributed by atoms with Crippen LogP contribution in [0.25, 0.3) is 0 Å². The molecular formula is C19H27N3O2S. The molecule has 136 valence electrons. The minimum Gasteiger partial charge on any atom is -0.491 e. The lowest BCUT2D eigenvalue weighted by atomic mass is 10.2. The molecule has 1 heterocycles. The number of benzene rings is 1. The molecule has 0 aliphatic heterocycles. The number of aliphatic hydroxyl groups is 1. The van der Waals surface area contributed by atoms with Crippen molar-refractivity contribution in [3.8, 4) is 5.75 Å². The highest BCUT2D eigenvalue weighted by molar-refractivity contribution is 7.09. The lowest BCUT2D eigenvalue weighted by Crippen LogP contribution is -2.39. The van der Waals surface area contributed by atoms with Gasteiger partial charge in [-0.1, -0.05) is 18.2 Å². The van der Waals surface area contributed by atoms with Crippen molar-refractivity contribution in [2.45, 2.75) is 26.4 Å². The zero-order valence-electron chi connectivity index (χ0n) is 14.9. The molecule has 0 fully saturated rings. The molecule has 0 saturated carbocycles. The number of ether oxygens (including phenoxy) is 1. The second-order valence-corrected chi connectivity index (χ2v) is 6.79. The predicted molar refractivity (Wildman–Crippen MR) is 105 cm³/mol. The summed E-state index contributed by atoms with van der Waals surface area (Å²) in [5.41, 5.74) is 1.13. The Labute approximate surface area is 153 Å². The molecular weight excluding hydrogens is 334 g/mol. The average Bonchev–Trinajstić information content (AvgIpc) is 3.11. The van der Waals surface area contributed by atoms with Crippen LogP contribution in [0.15, 0.2) is 46.8 Å². The van der Waals surface area contributed by atoms with E-state index >= 15 is 0 Å².